The third-order valence-electron chi connectivity index (χ3n) is 6.96. The lowest BCUT2D eigenvalue weighted by atomic mass is 9.85. The van der Waals surface area contributed by atoms with Crippen molar-refractivity contribution < 1.29 is 9.53 Å². The van der Waals surface area contributed by atoms with Gasteiger partial charge in [0, 0.05) is 58.2 Å². The Morgan fingerprint density at radius 2 is 1.80 bits per heavy atom. The van der Waals surface area contributed by atoms with E-state index in [0.29, 0.717) is 5.91 Å². The Labute approximate surface area is 178 Å². The fourth-order valence-electron chi connectivity index (χ4n) is 5.19. The zero-order valence-corrected chi connectivity index (χ0v) is 17.6. The average Bonchev–Trinajstić information content (AvgIpc) is 3.51. The fraction of sp³-hybridized carbons (Fsp3) is 0.565. The number of para-hydroxylation sites is 1. The predicted octanol–water partition coefficient (Wildman–Crippen LogP) is 1.63. The summed E-state index contributed by atoms with van der Waals surface area (Å²) in [5.74, 6) is 0.374. The number of ether oxygens (including phenoxy) is 1. The highest BCUT2D eigenvalue weighted by molar-refractivity contribution is 5.85. The third-order valence-corrected chi connectivity index (χ3v) is 6.96. The standard InChI is InChI=1S/C23H31N5O2/c29-22-23(7-11-27(22)13-12-25-14-16-30-17-15-25)6-10-26(19-23)18-20-4-1-2-5-21(20)28-9-3-8-24-28/h1-5,8-9H,6-7,10-19H2. The molecule has 30 heavy (non-hydrogen) atoms. The number of rotatable bonds is 6. The molecule has 0 radical (unpaired) electrons. The Bertz CT molecular complexity index is 864. The van der Waals surface area contributed by atoms with Crippen molar-refractivity contribution in [3.05, 3.63) is 48.3 Å². The molecule has 5 rings (SSSR count). The van der Waals surface area contributed by atoms with Crippen molar-refractivity contribution >= 4 is 5.91 Å². The van der Waals surface area contributed by atoms with Crippen LogP contribution in [0.4, 0.5) is 0 Å². The Balaban J connectivity index is 1.20. The first kappa shape index (κ1) is 19.7. The number of aromatic nitrogens is 2. The van der Waals surface area contributed by atoms with Gasteiger partial charge in [0.05, 0.1) is 24.3 Å². The summed E-state index contributed by atoms with van der Waals surface area (Å²) in [7, 11) is 0. The molecule has 7 nitrogen and oxygen atoms in total. The first-order valence-electron chi connectivity index (χ1n) is 11.1. The maximum absolute atomic E-state index is 13.3. The summed E-state index contributed by atoms with van der Waals surface area (Å²) in [5, 5.41) is 4.40. The Morgan fingerprint density at radius 3 is 2.63 bits per heavy atom. The molecule has 7 heteroatoms. The van der Waals surface area contributed by atoms with Gasteiger partial charge in [-0.05, 0) is 37.1 Å². The molecule has 0 aliphatic carbocycles. The van der Waals surface area contributed by atoms with Crippen LogP contribution in [-0.2, 0) is 16.1 Å². The predicted molar refractivity (Wildman–Crippen MR) is 114 cm³/mol. The zero-order chi connectivity index (χ0) is 20.4. The number of nitrogens with zero attached hydrogens (tertiary/aromatic N) is 5. The van der Waals surface area contributed by atoms with Crippen molar-refractivity contribution in [1.82, 2.24) is 24.5 Å². The molecule has 3 aliphatic heterocycles. The van der Waals surface area contributed by atoms with E-state index in [-0.39, 0.29) is 5.41 Å². The van der Waals surface area contributed by atoms with Crippen LogP contribution in [0.25, 0.3) is 5.69 Å². The van der Waals surface area contributed by atoms with Crippen LogP contribution < -0.4 is 0 Å². The highest BCUT2D eigenvalue weighted by atomic mass is 16.5. The maximum Gasteiger partial charge on any atom is 0.230 e. The summed E-state index contributed by atoms with van der Waals surface area (Å²) in [5.41, 5.74) is 2.20. The van der Waals surface area contributed by atoms with Gasteiger partial charge in [-0.15, -0.1) is 0 Å². The summed E-state index contributed by atoms with van der Waals surface area (Å²) >= 11 is 0. The monoisotopic (exact) mass is 409 g/mol. The minimum atomic E-state index is -0.175. The maximum atomic E-state index is 13.3. The first-order valence-corrected chi connectivity index (χ1v) is 11.1. The molecule has 1 aromatic heterocycles. The van der Waals surface area contributed by atoms with E-state index in [1.165, 1.54) is 5.56 Å². The topological polar surface area (TPSA) is 53.8 Å². The van der Waals surface area contributed by atoms with Gasteiger partial charge in [-0.25, -0.2) is 4.68 Å². The van der Waals surface area contributed by atoms with E-state index in [4.69, 9.17) is 4.74 Å². The van der Waals surface area contributed by atoms with Gasteiger partial charge in [0.1, 0.15) is 0 Å². The van der Waals surface area contributed by atoms with Crippen LogP contribution in [-0.4, -0.2) is 89.4 Å². The number of likely N-dealkylation sites (tertiary alicyclic amines) is 2. The van der Waals surface area contributed by atoms with Crippen LogP contribution in [0.1, 0.15) is 18.4 Å². The second kappa shape index (κ2) is 8.49. The molecule has 1 atom stereocenters. The van der Waals surface area contributed by atoms with Crippen LogP contribution in [0.3, 0.4) is 0 Å². The molecule has 4 heterocycles. The molecular formula is C23H31N5O2. The molecule has 0 bridgehead atoms. The number of hydrogen-bond donors (Lipinski definition) is 0. The number of amides is 1. The lowest BCUT2D eigenvalue weighted by Crippen LogP contribution is -2.43. The van der Waals surface area contributed by atoms with Gasteiger partial charge in [-0.1, -0.05) is 18.2 Å². The molecule has 1 amide bonds. The Morgan fingerprint density at radius 1 is 0.967 bits per heavy atom. The molecule has 3 fully saturated rings. The summed E-state index contributed by atoms with van der Waals surface area (Å²) in [6.45, 7) is 9.02. The van der Waals surface area contributed by atoms with Crippen molar-refractivity contribution in [2.45, 2.75) is 19.4 Å². The van der Waals surface area contributed by atoms with Crippen LogP contribution in [0.15, 0.2) is 42.7 Å². The molecular weight excluding hydrogens is 378 g/mol. The van der Waals surface area contributed by atoms with Crippen molar-refractivity contribution in [2.24, 2.45) is 5.41 Å². The lowest BCUT2D eigenvalue weighted by Gasteiger charge is -2.29. The molecule has 1 aromatic carbocycles. The van der Waals surface area contributed by atoms with Crippen molar-refractivity contribution in [2.75, 3.05) is 59.0 Å². The van der Waals surface area contributed by atoms with E-state index >= 15 is 0 Å². The second-order valence-electron chi connectivity index (χ2n) is 8.82. The van der Waals surface area contributed by atoms with Crippen molar-refractivity contribution in [1.29, 1.82) is 0 Å². The molecule has 1 spiro atoms. The van der Waals surface area contributed by atoms with Gasteiger partial charge in [-0.3, -0.25) is 14.6 Å². The minimum absolute atomic E-state index is 0.175. The van der Waals surface area contributed by atoms with E-state index in [9.17, 15) is 4.79 Å². The first-order chi connectivity index (χ1) is 14.7. The molecule has 3 saturated heterocycles. The SMILES string of the molecule is O=C1N(CCN2CCOCC2)CCC12CCN(Cc1ccccc1-n1cccn1)C2. The molecule has 0 N–H and O–H groups in total. The quantitative estimate of drug-likeness (QED) is 0.726. The van der Waals surface area contributed by atoms with Crippen LogP contribution in [0, 0.1) is 5.41 Å². The lowest BCUT2D eigenvalue weighted by molar-refractivity contribution is -0.135. The van der Waals surface area contributed by atoms with Crippen molar-refractivity contribution in [3.8, 4) is 5.69 Å². The number of benzene rings is 1. The second-order valence-corrected chi connectivity index (χ2v) is 8.82. The largest absolute Gasteiger partial charge is 0.379 e. The third kappa shape index (κ3) is 3.89. The summed E-state index contributed by atoms with van der Waals surface area (Å²) < 4.78 is 7.35. The smallest absolute Gasteiger partial charge is 0.230 e. The molecule has 2 aromatic rings. The highest BCUT2D eigenvalue weighted by Gasteiger charge is 2.50. The van der Waals surface area contributed by atoms with Gasteiger partial charge in [0.25, 0.3) is 0 Å². The molecule has 0 saturated carbocycles. The molecule has 1 unspecified atom stereocenters. The van der Waals surface area contributed by atoms with E-state index < -0.39 is 0 Å². The number of hydrogen-bond acceptors (Lipinski definition) is 5. The Hall–Kier alpha value is -2.22. The van der Waals surface area contributed by atoms with E-state index in [0.717, 1.165) is 84.1 Å². The van der Waals surface area contributed by atoms with Gasteiger partial charge in [0.2, 0.25) is 5.91 Å². The van der Waals surface area contributed by atoms with Gasteiger partial charge in [0.15, 0.2) is 0 Å². The normalized spacial score (nSPS) is 25.6. The van der Waals surface area contributed by atoms with Crippen molar-refractivity contribution in [3.63, 3.8) is 0 Å². The fourth-order valence-corrected chi connectivity index (χ4v) is 5.19. The Kier molecular flexibility index (Phi) is 5.58. The van der Waals surface area contributed by atoms with E-state index in [1.54, 1.807) is 0 Å². The molecule has 160 valence electrons. The van der Waals surface area contributed by atoms with Crippen LogP contribution in [0.2, 0.25) is 0 Å². The minimum Gasteiger partial charge on any atom is -0.379 e. The number of morpholine rings is 1. The number of carbonyl (C=O) groups is 1. The summed E-state index contributed by atoms with van der Waals surface area (Å²) in [6, 6.07) is 10.4. The zero-order valence-electron chi connectivity index (χ0n) is 17.6. The van der Waals surface area contributed by atoms with Crippen LogP contribution >= 0.6 is 0 Å². The van der Waals surface area contributed by atoms with Gasteiger partial charge < -0.3 is 9.64 Å². The summed E-state index contributed by atoms with van der Waals surface area (Å²) in [4.78, 5) is 20.3. The highest BCUT2D eigenvalue weighted by Crippen LogP contribution is 2.41. The van der Waals surface area contributed by atoms with Gasteiger partial charge >= 0.3 is 0 Å². The van der Waals surface area contributed by atoms with Gasteiger partial charge in [-0.2, -0.15) is 5.10 Å². The molecule has 3 aliphatic rings. The van der Waals surface area contributed by atoms with E-state index in [2.05, 4.69) is 44.1 Å². The van der Waals surface area contributed by atoms with Crippen LogP contribution in [0.5, 0.6) is 0 Å². The average molecular weight is 410 g/mol. The number of carbonyl (C=O) groups excluding carboxylic acids is 1. The summed E-state index contributed by atoms with van der Waals surface area (Å²) in [6.07, 6.45) is 5.76. The van der Waals surface area contributed by atoms with E-state index in [1.807, 2.05) is 23.1 Å².